The van der Waals surface area contributed by atoms with Crippen LogP contribution in [0.2, 0.25) is 0 Å². The molecular formula is C16H28N2O. The molecule has 0 bridgehead atoms. The number of hydrazine groups is 1. The van der Waals surface area contributed by atoms with Gasteiger partial charge in [-0.05, 0) is 43.9 Å². The Labute approximate surface area is 117 Å². The summed E-state index contributed by atoms with van der Waals surface area (Å²) in [6, 6.07) is 8.41. The molecule has 0 radical (unpaired) electrons. The molecule has 108 valence electrons. The molecule has 0 aliphatic rings. The van der Waals surface area contributed by atoms with Crippen molar-refractivity contribution in [1.29, 1.82) is 0 Å². The van der Waals surface area contributed by atoms with E-state index in [9.17, 15) is 0 Å². The van der Waals surface area contributed by atoms with Gasteiger partial charge in [-0.2, -0.15) is 0 Å². The number of benzene rings is 1. The number of hydrogen-bond acceptors (Lipinski definition) is 3. The van der Waals surface area contributed by atoms with Gasteiger partial charge in [0, 0.05) is 6.04 Å². The molecule has 0 heterocycles. The van der Waals surface area contributed by atoms with Crippen LogP contribution in [0.4, 0.5) is 0 Å². The summed E-state index contributed by atoms with van der Waals surface area (Å²) in [5, 5.41) is 0. The molecule has 0 spiro atoms. The average Bonchev–Trinajstić information content (AvgIpc) is 2.34. The lowest BCUT2D eigenvalue weighted by atomic mass is 9.98. The molecule has 19 heavy (non-hydrogen) atoms. The van der Waals surface area contributed by atoms with Crippen molar-refractivity contribution >= 4 is 0 Å². The number of nitrogens with one attached hydrogen (secondary N) is 1. The lowest BCUT2D eigenvalue weighted by Crippen LogP contribution is -2.28. The van der Waals surface area contributed by atoms with Crippen LogP contribution in [0.25, 0.3) is 0 Å². The zero-order valence-electron chi connectivity index (χ0n) is 12.6. The van der Waals surface area contributed by atoms with Crippen LogP contribution in [0.15, 0.2) is 24.3 Å². The van der Waals surface area contributed by atoms with Gasteiger partial charge in [-0.15, -0.1) is 0 Å². The smallest absolute Gasteiger partial charge is 0.120 e. The third kappa shape index (κ3) is 6.08. The molecule has 1 atom stereocenters. The maximum absolute atomic E-state index is 5.72. The van der Waals surface area contributed by atoms with Gasteiger partial charge in [-0.1, -0.05) is 38.8 Å². The minimum absolute atomic E-state index is 0.195. The van der Waals surface area contributed by atoms with E-state index in [2.05, 4.69) is 31.4 Å². The first-order valence-electron chi connectivity index (χ1n) is 7.25. The molecule has 0 aliphatic carbocycles. The summed E-state index contributed by atoms with van der Waals surface area (Å²) in [4.78, 5) is 0. The van der Waals surface area contributed by atoms with E-state index in [-0.39, 0.29) is 12.1 Å². The highest BCUT2D eigenvalue weighted by atomic mass is 16.5. The SMILES string of the molecule is CC(C)CCCC(NN)c1cccc(OC(C)C)c1. The lowest BCUT2D eigenvalue weighted by Gasteiger charge is -2.18. The topological polar surface area (TPSA) is 47.3 Å². The third-order valence-electron chi connectivity index (χ3n) is 3.11. The predicted octanol–water partition coefficient (Wildman–Crippen LogP) is 3.80. The van der Waals surface area contributed by atoms with Crippen molar-refractivity contribution in [1.82, 2.24) is 5.43 Å². The van der Waals surface area contributed by atoms with Gasteiger partial charge in [-0.25, -0.2) is 0 Å². The van der Waals surface area contributed by atoms with Gasteiger partial charge in [-0.3, -0.25) is 11.3 Å². The zero-order valence-corrected chi connectivity index (χ0v) is 12.6. The fraction of sp³-hybridized carbons (Fsp3) is 0.625. The molecule has 3 heteroatoms. The normalized spacial score (nSPS) is 13.0. The summed E-state index contributed by atoms with van der Waals surface area (Å²) in [7, 11) is 0. The van der Waals surface area contributed by atoms with Crippen molar-refractivity contribution in [2.24, 2.45) is 11.8 Å². The molecular weight excluding hydrogens is 236 g/mol. The summed E-state index contributed by atoms with van der Waals surface area (Å²) in [6.07, 6.45) is 3.67. The van der Waals surface area contributed by atoms with Crippen LogP contribution in [-0.4, -0.2) is 6.10 Å². The molecule has 0 aromatic heterocycles. The van der Waals surface area contributed by atoms with E-state index < -0.39 is 0 Å². The molecule has 0 amide bonds. The second kappa shape index (κ2) is 8.18. The van der Waals surface area contributed by atoms with Gasteiger partial charge in [0.25, 0.3) is 0 Å². The van der Waals surface area contributed by atoms with E-state index in [0.717, 1.165) is 18.1 Å². The van der Waals surface area contributed by atoms with Crippen LogP contribution in [0, 0.1) is 5.92 Å². The van der Waals surface area contributed by atoms with Crippen molar-refractivity contribution in [2.45, 2.75) is 59.1 Å². The van der Waals surface area contributed by atoms with Crippen LogP contribution < -0.4 is 16.0 Å². The Morgan fingerprint density at radius 3 is 2.47 bits per heavy atom. The van der Waals surface area contributed by atoms with Gasteiger partial charge >= 0.3 is 0 Å². The third-order valence-corrected chi connectivity index (χ3v) is 3.11. The number of nitrogens with two attached hydrogens (primary N) is 1. The average molecular weight is 264 g/mol. The van der Waals surface area contributed by atoms with Crippen molar-refractivity contribution in [3.63, 3.8) is 0 Å². The molecule has 0 aliphatic heterocycles. The number of ether oxygens (including phenoxy) is 1. The second-order valence-corrected chi connectivity index (χ2v) is 5.78. The van der Waals surface area contributed by atoms with E-state index in [4.69, 9.17) is 10.6 Å². The first kappa shape index (κ1) is 16.0. The summed E-state index contributed by atoms with van der Waals surface area (Å²) in [5.41, 5.74) is 4.12. The maximum atomic E-state index is 5.72. The second-order valence-electron chi connectivity index (χ2n) is 5.78. The van der Waals surface area contributed by atoms with Gasteiger partial charge in [0.05, 0.1) is 6.10 Å². The lowest BCUT2D eigenvalue weighted by molar-refractivity contribution is 0.242. The van der Waals surface area contributed by atoms with Crippen molar-refractivity contribution in [3.8, 4) is 5.75 Å². The molecule has 0 saturated carbocycles. The predicted molar refractivity (Wildman–Crippen MR) is 81.0 cm³/mol. The highest BCUT2D eigenvalue weighted by molar-refractivity contribution is 5.30. The summed E-state index contributed by atoms with van der Waals surface area (Å²) < 4.78 is 5.72. The Morgan fingerprint density at radius 1 is 1.16 bits per heavy atom. The van der Waals surface area contributed by atoms with Crippen LogP contribution >= 0.6 is 0 Å². The molecule has 1 aromatic carbocycles. The van der Waals surface area contributed by atoms with Crippen LogP contribution in [0.1, 0.15) is 58.6 Å². The van der Waals surface area contributed by atoms with Crippen LogP contribution in [0.3, 0.4) is 0 Å². The van der Waals surface area contributed by atoms with E-state index in [1.54, 1.807) is 0 Å². The minimum atomic E-state index is 0.195. The molecule has 1 rings (SSSR count). The fourth-order valence-electron chi connectivity index (χ4n) is 2.15. The molecule has 3 nitrogen and oxygen atoms in total. The Balaban J connectivity index is 2.64. The summed E-state index contributed by atoms with van der Waals surface area (Å²) in [6.45, 7) is 8.58. The Morgan fingerprint density at radius 2 is 1.89 bits per heavy atom. The standard InChI is InChI=1S/C16H28N2O/c1-12(2)7-5-10-16(18-17)14-8-6-9-15(11-14)19-13(3)4/h6,8-9,11-13,16,18H,5,7,10,17H2,1-4H3. The first-order chi connectivity index (χ1) is 9.02. The van der Waals surface area contributed by atoms with Gasteiger partial charge < -0.3 is 4.74 Å². The van der Waals surface area contributed by atoms with Gasteiger partial charge in [0.15, 0.2) is 0 Å². The van der Waals surface area contributed by atoms with Crippen LogP contribution in [0.5, 0.6) is 5.75 Å². The first-order valence-corrected chi connectivity index (χ1v) is 7.25. The Bertz CT molecular complexity index is 364. The molecule has 0 fully saturated rings. The molecule has 1 unspecified atom stereocenters. The minimum Gasteiger partial charge on any atom is -0.491 e. The van der Waals surface area contributed by atoms with Crippen LogP contribution in [-0.2, 0) is 0 Å². The summed E-state index contributed by atoms with van der Waals surface area (Å²) in [5.74, 6) is 7.34. The highest BCUT2D eigenvalue weighted by Crippen LogP contribution is 2.24. The number of hydrogen-bond donors (Lipinski definition) is 2. The highest BCUT2D eigenvalue weighted by Gasteiger charge is 2.11. The Kier molecular flexibility index (Phi) is 6.89. The fourth-order valence-corrected chi connectivity index (χ4v) is 2.15. The van der Waals surface area contributed by atoms with E-state index >= 15 is 0 Å². The summed E-state index contributed by atoms with van der Waals surface area (Å²) >= 11 is 0. The van der Waals surface area contributed by atoms with E-state index in [1.165, 1.54) is 18.4 Å². The maximum Gasteiger partial charge on any atom is 0.120 e. The van der Waals surface area contributed by atoms with E-state index in [1.807, 2.05) is 26.0 Å². The monoisotopic (exact) mass is 264 g/mol. The van der Waals surface area contributed by atoms with Gasteiger partial charge in [0.2, 0.25) is 0 Å². The Hall–Kier alpha value is -1.06. The largest absolute Gasteiger partial charge is 0.491 e. The molecule has 1 aromatic rings. The van der Waals surface area contributed by atoms with Crippen molar-refractivity contribution in [2.75, 3.05) is 0 Å². The zero-order chi connectivity index (χ0) is 14.3. The molecule has 0 saturated heterocycles. The molecule has 3 N–H and O–H groups in total. The number of rotatable bonds is 8. The quantitative estimate of drug-likeness (QED) is 0.554. The van der Waals surface area contributed by atoms with E-state index in [0.29, 0.717) is 0 Å². The van der Waals surface area contributed by atoms with Crippen molar-refractivity contribution in [3.05, 3.63) is 29.8 Å². The van der Waals surface area contributed by atoms with Crippen molar-refractivity contribution < 1.29 is 4.74 Å². The van der Waals surface area contributed by atoms with Gasteiger partial charge in [0.1, 0.15) is 5.75 Å².